The Balaban J connectivity index is 3.03. The molecule has 2 atom stereocenters. The van der Waals surface area contributed by atoms with Crippen LogP contribution in [0.1, 0.15) is 36.1 Å². The van der Waals surface area contributed by atoms with Crippen LogP contribution in [-0.4, -0.2) is 16.2 Å². The standard InChI is InChI=1S/C13H18O3/c1-4-10(13(15)16)12(14)11-6-5-8(2)7-9(11)3/h5-7,10,12,14H,4H2,1-3H3,(H,15,16). The lowest BCUT2D eigenvalue weighted by atomic mass is 9.90. The van der Waals surface area contributed by atoms with Gasteiger partial charge >= 0.3 is 5.97 Å². The summed E-state index contributed by atoms with van der Waals surface area (Å²) < 4.78 is 0. The normalized spacial score (nSPS) is 14.5. The van der Waals surface area contributed by atoms with Crippen molar-refractivity contribution in [1.29, 1.82) is 0 Å². The van der Waals surface area contributed by atoms with E-state index < -0.39 is 18.0 Å². The molecule has 0 amide bonds. The average molecular weight is 222 g/mol. The van der Waals surface area contributed by atoms with Crippen LogP contribution in [0, 0.1) is 19.8 Å². The molecule has 3 heteroatoms. The van der Waals surface area contributed by atoms with Crippen LogP contribution in [0.15, 0.2) is 18.2 Å². The number of hydrogen-bond donors (Lipinski definition) is 2. The van der Waals surface area contributed by atoms with E-state index in [0.29, 0.717) is 12.0 Å². The molecule has 0 saturated carbocycles. The van der Waals surface area contributed by atoms with E-state index in [0.717, 1.165) is 11.1 Å². The van der Waals surface area contributed by atoms with Crippen molar-refractivity contribution in [3.05, 3.63) is 34.9 Å². The summed E-state index contributed by atoms with van der Waals surface area (Å²) in [5.74, 6) is -1.68. The first-order valence-corrected chi connectivity index (χ1v) is 5.45. The van der Waals surface area contributed by atoms with Crippen molar-refractivity contribution in [2.24, 2.45) is 5.92 Å². The highest BCUT2D eigenvalue weighted by Crippen LogP contribution is 2.27. The lowest BCUT2D eigenvalue weighted by molar-refractivity contribution is -0.146. The maximum atomic E-state index is 11.0. The number of aliphatic hydroxyl groups excluding tert-OH is 1. The second-order valence-electron chi connectivity index (χ2n) is 4.16. The van der Waals surface area contributed by atoms with E-state index in [9.17, 15) is 9.90 Å². The molecule has 3 nitrogen and oxygen atoms in total. The van der Waals surface area contributed by atoms with Crippen molar-refractivity contribution < 1.29 is 15.0 Å². The maximum absolute atomic E-state index is 11.0. The minimum absolute atomic E-state index is 0.420. The van der Waals surface area contributed by atoms with Gasteiger partial charge in [-0.05, 0) is 31.4 Å². The Morgan fingerprint density at radius 1 is 1.38 bits per heavy atom. The summed E-state index contributed by atoms with van der Waals surface area (Å²) in [6.07, 6.45) is -0.507. The second-order valence-corrected chi connectivity index (χ2v) is 4.16. The molecule has 0 saturated heterocycles. The first-order valence-electron chi connectivity index (χ1n) is 5.45. The first kappa shape index (κ1) is 12.7. The fourth-order valence-corrected chi connectivity index (χ4v) is 1.91. The molecule has 0 aliphatic rings. The van der Waals surface area contributed by atoms with E-state index in [2.05, 4.69) is 0 Å². The van der Waals surface area contributed by atoms with Gasteiger partial charge in [0.2, 0.25) is 0 Å². The summed E-state index contributed by atoms with van der Waals surface area (Å²) in [4.78, 5) is 11.0. The Kier molecular flexibility index (Phi) is 4.07. The smallest absolute Gasteiger partial charge is 0.309 e. The molecule has 1 aromatic carbocycles. The second kappa shape index (κ2) is 5.12. The molecule has 2 unspecified atom stereocenters. The average Bonchev–Trinajstić information content (AvgIpc) is 2.17. The lowest BCUT2D eigenvalue weighted by Gasteiger charge is -2.20. The van der Waals surface area contributed by atoms with Gasteiger partial charge in [0.25, 0.3) is 0 Å². The Morgan fingerprint density at radius 3 is 2.44 bits per heavy atom. The van der Waals surface area contributed by atoms with Crippen LogP contribution in [0.2, 0.25) is 0 Å². The van der Waals surface area contributed by atoms with Gasteiger partial charge in [-0.1, -0.05) is 30.7 Å². The Labute approximate surface area is 95.7 Å². The van der Waals surface area contributed by atoms with Gasteiger partial charge in [0.1, 0.15) is 0 Å². The van der Waals surface area contributed by atoms with Crippen LogP contribution >= 0.6 is 0 Å². The third-order valence-corrected chi connectivity index (χ3v) is 2.88. The van der Waals surface area contributed by atoms with Crippen LogP contribution in [0.5, 0.6) is 0 Å². The van der Waals surface area contributed by atoms with Gasteiger partial charge in [0.05, 0.1) is 12.0 Å². The summed E-state index contributed by atoms with van der Waals surface area (Å²) >= 11 is 0. The van der Waals surface area contributed by atoms with E-state index in [1.54, 1.807) is 13.0 Å². The van der Waals surface area contributed by atoms with E-state index in [1.165, 1.54) is 0 Å². The highest BCUT2D eigenvalue weighted by molar-refractivity contribution is 5.71. The summed E-state index contributed by atoms with van der Waals surface area (Å²) in [6.45, 7) is 5.63. The molecule has 0 fully saturated rings. The molecular formula is C13H18O3. The Bertz CT molecular complexity index is 385. The van der Waals surface area contributed by atoms with Crippen molar-refractivity contribution in [1.82, 2.24) is 0 Å². The molecule has 0 aromatic heterocycles. The number of aliphatic hydroxyl groups is 1. The summed E-state index contributed by atoms with van der Waals surface area (Å²) in [6, 6.07) is 5.65. The van der Waals surface area contributed by atoms with Gasteiger partial charge in [-0.3, -0.25) is 4.79 Å². The largest absolute Gasteiger partial charge is 0.481 e. The molecule has 0 radical (unpaired) electrons. The van der Waals surface area contributed by atoms with Crippen LogP contribution in [0.25, 0.3) is 0 Å². The van der Waals surface area contributed by atoms with Crippen molar-refractivity contribution >= 4 is 5.97 Å². The molecule has 0 bridgehead atoms. The third-order valence-electron chi connectivity index (χ3n) is 2.88. The van der Waals surface area contributed by atoms with Crippen molar-refractivity contribution in [2.45, 2.75) is 33.3 Å². The van der Waals surface area contributed by atoms with Crippen molar-refractivity contribution in [2.75, 3.05) is 0 Å². The Hall–Kier alpha value is -1.35. The van der Waals surface area contributed by atoms with Gasteiger partial charge in [0.15, 0.2) is 0 Å². The van der Waals surface area contributed by atoms with Crippen LogP contribution in [-0.2, 0) is 4.79 Å². The fourth-order valence-electron chi connectivity index (χ4n) is 1.91. The highest BCUT2D eigenvalue weighted by Gasteiger charge is 2.26. The van der Waals surface area contributed by atoms with Crippen LogP contribution < -0.4 is 0 Å². The predicted octanol–water partition coefficient (Wildman–Crippen LogP) is 2.45. The first-order chi connectivity index (χ1) is 7.47. The zero-order valence-electron chi connectivity index (χ0n) is 9.90. The van der Waals surface area contributed by atoms with Crippen LogP contribution in [0.3, 0.4) is 0 Å². The van der Waals surface area contributed by atoms with E-state index in [1.807, 2.05) is 26.0 Å². The quantitative estimate of drug-likeness (QED) is 0.822. The minimum atomic E-state index is -0.949. The molecule has 88 valence electrons. The van der Waals surface area contributed by atoms with E-state index >= 15 is 0 Å². The van der Waals surface area contributed by atoms with E-state index in [4.69, 9.17) is 5.11 Å². The molecule has 1 rings (SSSR count). The van der Waals surface area contributed by atoms with Gasteiger partial charge in [0, 0.05) is 0 Å². The van der Waals surface area contributed by atoms with Gasteiger partial charge in [-0.2, -0.15) is 0 Å². The fraction of sp³-hybridized carbons (Fsp3) is 0.462. The maximum Gasteiger partial charge on any atom is 0.309 e. The summed E-state index contributed by atoms with van der Waals surface area (Å²) in [5, 5.41) is 19.0. The van der Waals surface area contributed by atoms with Gasteiger partial charge in [-0.25, -0.2) is 0 Å². The molecule has 0 aliphatic heterocycles. The SMILES string of the molecule is CCC(C(=O)O)C(O)c1ccc(C)cc1C. The number of carboxylic acids is 1. The number of hydrogen-bond acceptors (Lipinski definition) is 2. The molecule has 0 spiro atoms. The Morgan fingerprint density at radius 2 is 2.00 bits per heavy atom. The molecule has 1 aromatic rings. The molecule has 0 aliphatic carbocycles. The predicted molar refractivity (Wildman–Crippen MR) is 62.3 cm³/mol. The zero-order valence-corrected chi connectivity index (χ0v) is 9.90. The molecule has 0 heterocycles. The molecular weight excluding hydrogens is 204 g/mol. The van der Waals surface area contributed by atoms with Crippen molar-refractivity contribution in [3.8, 4) is 0 Å². The number of carboxylic acid groups (broad SMARTS) is 1. The van der Waals surface area contributed by atoms with Crippen LogP contribution in [0.4, 0.5) is 0 Å². The number of aryl methyl sites for hydroxylation is 2. The zero-order chi connectivity index (χ0) is 12.3. The number of rotatable bonds is 4. The van der Waals surface area contributed by atoms with Crippen molar-refractivity contribution in [3.63, 3.8) is 0 Å². The lowest BCUT2D eigenvalue weighted by Crippen LogP contribution is -2.21. The summed E-state index contributed by atoms with van der Waals surface area (Å²) in [7, 11) is 0. The highest BCUT2D eigenvalue weighted by atomic mass is 16.4. The van der Waals surface area contributed by atoms with E-state index in [-0.39, 0.29) is 0 Å². The number of aliphatic carboxylic acids is 1. The number of benzene rings is 1. The third kappa shape index (κ3) is 2.61. The van der Waals surface area contributed by atoms with Gasteiger partial charge < -0.3 is 10.2 Å². The minimum Gasteiger partial charge on any atom is -0.481 e. The molecule has 16 heavy (non-hydrogen) atoms. The molecule has 2 N–H and O–H groups in total. The van der Waals surface area contributed by atoms with Gasteiger partial charge in [-0.15, -0.1) is 0 Å². The summed E-state index contributed by atoms with van der Waals surface area (Å²) in [5.41, 5.74) is 2.75. The topological polar surface area (TPSA) is 57.5 Å². The monoisotopic (exact) mass is 222 g/mol. The number of carbonyl (C=O) groups is 1.